The molecule has 0 saturated heterocycles. The van der Waals surface area contributed by atoms with Gasteiger partial charge in [0.05, 0.1) is 21.8 Å². The second kappa shape index (κ2) is 7.36. The molecule has 0 radical (unpaired) electrons. The molecule has 0 atom stereocenters. The number of carbonyl (C=O) groups excluding carboxylic acids is 2. The molecule has 11 nitrogen and oxygen atoms in total. The molecule has 1 aliphatic carbocycles. The van der Waals surface area contributed by atoms with Crippen molar-refractivity contribution in [1.82, 2.24) is 0 Å². The maximum absolute atomic E-state index is 13.5. The molecule has 3 aromatic rings. The number of hydrogen-bond donors (Lipinski definition) is 5. The van der Waals surface area contributed by atoms with Gasteiger partial charge in [0.1, 0.15) is 4.90 Å². The Balaban J connectivity index is 2.28. The van der Waals surface area contributed by atoms with E-state index in [1.165, 1.54) is 31.2 Å². The van der Waals surface area contributed by atoms with Crippen LogP contribution in [0.3, 0.4) is 0 Å². The summed E-state index contributed by atoms with van der Waals surface area (Å²) >= 11 is 0. The van der Waals surface area contributed by atoms with E-state index in [0.717, 1.165) is 12.1 Å². The molecule has 4 rings (SSSR count). The SMILES string of the molecule is Cc1c(N)cc(S(=O)(=O)O)cc1-c1c(N)c(S(=O)(=O)O)c(N)c2c1C(=O)c1ccccc1C2=O. The number of hydrogen-bond acceptors (Lipinski definition) is 9. The minimum atomic E-state index is -5.12. The van der Waals surface area contributed by atoms with Gasteiger partial charge in [-0.3, -0.25) is 18.7 Å². The maximum atomic E-state index is 13.5. The van der Waals surface area contributed by atoms with E-state index >= 15 is 0 Å². The first-order valence-corrected chi connectivity index (χ1v) is 12.3. The lowest BCUT2D eigenvalue weighted by molar-refractivity contribution is 0.0980. The van der Waals surface area contributed by atoms with E-state index in [1.54, 1.807) is 0 Å². The highest BCUT2D eigenvalue weighted by Gasteiger charge is 2.39. The fourth-order valence-electron chi connectivity index (χ4n) is 4.05. The van der Waals surface area contributed by atoms with Gasteiger partial charge in [-0.25, -0.2) is 0 Å². The molecule has 0 heterocycles. The minimum Gasteiger partial charge on any atom is -0.398 e. The van der Waals surface area contributed by atoms with Crippen LogP contribution in [-0.4, -0.2) is 37.5 Å². The highest BCUT2D eigenvalue weighted by atomic mass is 32.2. The molecule has 0 saturated carbocycles. The molecule has 0 amide bonds. The van der Waals surface area contributed by atoms with Gasteiger partial charge in [0, 0.05) is 27.9 Å². The fraction of sp³-hybridized carbons (Fsp3) is 0.0476. The third-order valence-corrected chi connectivity index (χ3v) is 7.43. The van der Waals surface area contributed by atoms with E-state index in [2.05, 4.69) is 0 Å². The van der Waals surface area contributed by atoms with Crippen LogP contribution >= 0.6 is 0 Å². The van der Waals surface area contributed by atoms with Crippen LogP contribution in [0.15, 0.2) is 46.2 Å². The Morgan fingerprint density at radius 2 is 1.21 bits per heavy atom. The zero-order valence-electron chi connectivity index (χ0n) is 17.4. The van der Waals surface area contributed by atoms with Crippen LogP contribution in [-0.2, 0) is 20.2 Å². The van der Waals surface area contributed by atoms with E-state index in [4.69, 9.17) is 17.2 Å². The number of rotatable bonds is 3. The van der Waals surface area contributed by atoms with Crippen molar-refractivity contribution in [2.75, 3.05) is 17.2 Å². The predicted octanol–water partition coefficient (Wildman–Crippen LogP) is 1.68. The zero-order chi connectivity index (χ0) is 25.3. The molecule has 0 bridgehead atoms. The average molecular weight is 504 g/mol. The number of nitrogen functional groups attached to an aromatic ring is 3. The van der Waals surface area contributed by atoms with Gasteiger partial charge in [0.15, 0.2) is 11.6 Å². The summed E-state index contributed by atoms with van der Waals surface area (Å²) in [7, 11) is -9.91. The highest BCUT2D eigenvalue weighted by Crippen LogP contribution is 2.47. The van der Waals surface area contributed by atoms with E-state index in [0.29, 0.717) is 0 Å². The van der Waals surface area contributed by atoms with Crippen LogP contribution in [0.1, 0.15) is 37.4 Å². The molecule has 0 spiro atoms. The van der Waals surface area contributed by atoms with Crippen LogP contribution in [0.4, 0.5) is 17.1 Å². The van der Waals surface area contributed by atoms with Gasteiger partial charge in [0.25, 0.3) is 20.2 Å². The fourth-order valence-corrected chi connectivity index (χ4v) is 5.36. The Hall–Kier alpha value is -3.78. The summed E-state index contributed by atoms with van der Waals surface area (Å²) in [6.07, 6.45) is 0. The molecular formula is C21H17N3O8S2. The van der Waals surface area contributed by atoms with Crippen molar-refractivity contribution >= 4 is 48.9 Å². The quantitative estimate of drug-likeness (QED) is 0.200. The molecule has 0 aromatic heterocycles. The molecule has 176 valence electrons. The average Bonchev–Trinajstić information content (AvgIpc) is 2.72. The van der Waals surface area contributed by atoms with Crippen LogP contribution in [0.2, 0.25) is 0 Å². The number of fused-ring (bicyclic) bond motifs is 2. The minimum absolute atomic E-state index is 0.0174. The second-order valence-electron chi connectivity index (χ2n) is 7.62. The summed E-state index contributed by atoms with van der Waals surface area (Å²) in [6.45, 7) is 1.43. The first-order chi connectivity index (χ1) is 15.7. The lowest BCUT2D eigenvalue weighted by Crippen LogP contribution is -2.26. The van der Waals surface area contributed by atoms with Gasteiger partial charge in [0.2, 0.25) is 0 Å². The maximum Gasteiger partial charge on any atom is 0.298 e. The molecule has 0 fully saturated rings. The first kappa shape index (κ1) is 23.4. The topological polar surface area (TPSA) is 221 Å². The predicted molar refractivity (Wildman–Crippen MR) is 123 cm³/mol. The third kappa shape index (κ3) is 3.33. The molecule has 0 aliphatic heterocycles. The van der Waals surface area contributed by atoms with E-state index in [9.17, 15) is 35.5 Å². The molecule has 0 unspecified atom stereocenters. The molecule has 3 aromatic carbocycles. The Morgan fingerprint density at radius 1 is 0.706 bits per heavy atom. The van der Waals surface area contributed by atoms with Gasteiger partial charge in [-0.2, -0.15) is 16.8 Å². The zero-order valence-corrected chi connectivity index (χ0v) is 19.0. The van der Waals surface area contributed by atoms with Gasteiger partial charge in [-0.1, -0.05) is 24.3 Å². The van der Waals surface area contributed by atoms with Crippen LogP contribution in [0, 0.1) is 6.92 Å². The van der Waals surface area contributed by atoms with Crippen LogP contribution < -0.4 is 17.2 Å². The Kier molecular flexibility index (Phi) is 5.06. The Bertz CT molecular complexity index is 1680. The number of carbonyl (C=O) groups is 2. The lowest BCUT2D eigenvalue weighted by Gasteiger charge is -2.26. The van der Waals surface area contributed by atoms with Crippen molar-refractivity contribution in [3.05, 3.63) is 64.2 Å². The summed E-state index contributed by atoms with van der Waals surface area (Å²) < 4.78 is 67.4. The smallest absolute Gasteiger partial charge is 0.298 e. The summed E-state index contributed by atoms with van der Waals surface area (Å²) in [5.41, 5.74) is 15.0. The normalized spacial score (nSPS) is 13.5. The second-order valence-corrected chi connectivity index (χ2v) is 10.4. The molecule has 8 N–H and O–H groups in total. The van der Waals surface area contributed by atoms with Crippen molar-refractivity contribution < 1.29 is 35.5 Å². The van der Waals surface area contributed by atoms with Crippen molar-refractivity contribution in [2.24, 2.45) is 0 Å². The molecular weight excluding hydrogens is 486 g/mol. The van der Waals surface area contributed by atoms with Crippen molar-refractivity contribution in [3.8, 4) is 11.1 Å². The number of ketones is 2. The van der Waals surface area contributed by atoms with Crippen LogP contribution in [0.5, 0.6) is 0 Å². The Morgan fingerprint density at radius 3 is 1.71 bits per heavy atom. The number of anilines is 3. The summed E-state index contributed by atoms with van der Waals surface area (Å²) in [6, 6.07) is 7.61. The number of benzene rings is 3. The third-order valence-electron chi connectivity index (χ3n) is 5.64. The van der Waals surface area contributed by atoms with Gasteiger partial charge >= 0.3 is 0 Å². The standard InChI is InChI=1S/C21H17N3O8S2/c1-8-12(6-9(7-13(8)22)33(27,28)29)14-15-16(18(24)21(17(14)23)34(30,31)32)20(26)11-5-3-2-4-10(11)19(15)25/h2-7H,22-24H2,1H3,(H,27,28,29)(H,30,31,32). The van der Waals surface area contributed by atoms with Crippen molar-refractivity contribution in [1.29, 1.82) is 0 Å². The van der Waals surface area contributed by atoms with Crippen molar-refractivity contribution in [2.45, 2.75) is 16.7 Å². The summed E-state index contributed by atoms with van der Waals surface area (Å²) in [5.74, 6) is -1.54. The van der Waals surface area contributed by atoms with Gasteiger partial charge in [-0.15, -0.1) is 0 Å². The summed E-state index contributed by atoms with van der Waals surface area (Å²) in [5, 5.41) is 0. The van der Waals surface area contributed by atoms with Crippen LogP contribution in [0.25, 0.3) is 11.1 Å². The first-order valence-electron chi connectivity index (χ1n) is 9.45. The Labute approximate surface area is 193 Å². The monoisotopic (exact) mass is 503 g/mol. The van der Waals surface area contributed by atoms with E-state index in [1.807, 2.05) is 0 Å². The summed E-state index contributed by atoms with van der Waals surface area (Å²) in [4.78, 5) is 25.1. The highest BCUT2D eigenvalue weighted by molar-refractivity contribution is 7.86. The lowest BCUT2D eigenvalue weighted by atomic mass is 9.78. The van der Waals surface area contributed by atoms with Gasteiger partial charge in [-0.05, 0) is 30.2 Å². The van der Waals surface area contributed by atoms with E-state index < -0.39 is 58.5 Å². The molecule has 1 aliphatic rings. The molecule has 34 heavy (non-hydrogen) atoms. The van der Waals surface area contributed by atoms with E-state index in [-0.39, 0.29) is 39.1 Å². The molecule has 13 heteroatoms. The number of nitrogens with two attached hydrogens (primary N) is 3. The largest absolute Gasteiger partial charge is 0.398 e. The van der Waals surface area contributed by atoms with Crippen molar-refractivity contribution in [3.63, 3.8) is 0 Å². The van der Waals surface area contributed by atoms with Gasteiger partial charge < -0.3 is 17.2 Å².